The van der Waals surface area contributed by atoms with Crippen LogP contribution < -0.4 is 5.32 Å². The van der Waals surface area contributed by atoms with Crippen molar-refractivity contribution in [2.24, 2.45) is 5.92 Å². The fourth-order valence-electron chi connectivity index (χ4n) is 5.04. The van der Waals surface area contributed by atoms with E-state index in [1.807, 2.05) is 24.5 Å². The van der Waals surface area contributed by atoms with Crippen LogP contribution in [-0.4, -0.2) is 61.9 Å². The van der Waals surface area contributed by atoms with Crippen LogP contribution in [0.15, 0.2) is 36.8 Å². The monoisotopic (exact) mass is 463 g/mol. The number of alkyl halides is 2. The van der Waals surface area contributed by atoms with Crippen LogP contribution in [0, 0.1) is 5.92 Å². The molecule has 1 aliphatic heterocycles. The summed E-state index contributed by atoms with van der Waals surface area (Å²) in [4.78, 5) is 24.0. The number of nitrogens with one attached hydrogen (secondary N) is 2. The van der Waals surface area contributed by atoms with Gasteiger partial charge in [0.1, 0.15) is 5.65 Å². The summed E-state index contributed by atoms with van der Waals surface area (Å²) in [6.07, 6.45) is 8.55. The van der Waals surface area contributed by atoms with E-state index in [-0.39, 0.29) is 18.9 Å². The van der Waals surface area contributed by atoms with E-state index < -0.39 is 5.92 Å². The molecule has 2 N–H and O–H groups in total. The molecule has 1 saturated carbocycles. The zero-order valence-electron chi connectivity index (χ0n) is 19.1. The number of likely N-dealkylation sites (tertiary alicyclic amines) is 1. The summed E-state index contributed by atoms with van der Waals surface area (Å²) in [6.45, 7) is 2.28. The molecule has 0 radical (unpaired) electrons. The van der Waals surface area contributed by atoms with Crippen molar-refractivity contribution in [3.8, 4) is 11.1 Å². The number of benzene rings is 1. The van der Waals surface area contributed by atoms with E-state index >= 15 is 0 Å². The zero-order valence-corrected chi connectivity index (χ0v) is 19.1. The van der Waals surface area contributed by atoms with Gasteiger partial charge in [0.25, 0.3) is 5.92 Å². The van der Waals surface area contributed by atoms with Crippen molar-refractivity contribution in [2.75, 3.05) is 25.5 Å². The second-order valence-electron chi connectivity index (χ2n) is 9.78. The summed E-state index contributed by atoms with van der Waals surface area (Å²) in [5, 5.41) is 3.87. The Balaban J connectivity index is 1.23. The van der Waals surface area contributed by atoms with Gasteiger partial charge in [-0.25, -0.2) is 18.7 Å². The predicted octanol–water partition coefficient (Wildman–Crippen LogP) is 4.66. The largest absolute Gasteiger partial charge is 0.351 e. The fourth-order valence-corrected chi connectivity index (χ4v) is 5.04. The highest BCUT2D eigenvalue weighted by Gasteiger charge is 2.45. The van der Waals surface area contributed by atoms with Crippen molar-refractivity contribution in [2.45, 2.75) is 44.1 Å². The van der Waals surface area contributed by atoms with Crippen molar-refractivity contribution in [3.05, 3.63) is 42.5 Å². The first-order chi connectivity index (χ1) is 16.4. The van der Waals surface area contributed by atoms with Crippen molar-refractivity contribution in [1.82, 2.24) is 29.8 Å². The molecule has 3 aromatic heterocycles. The number of piperidine rings is 1. The summed E-state index contributed by atoms with van der Waals surface area (Å²) in [5.74, 6) is -1.55. The predicted molar refractivity (Wildman–Crippen MR) is 128 cm³/mol. The van der Waals surface area contributed by atoms with Crippen LogP contribution in [0.1, 0.15) is 31.4 Å². The maximum Gasteiger partial charge on any atom is 0.252 e. The molecule has 4 heterocycles. The first kappa shape index (κ1) is 21.3. The number of H-pyrrole nitrogens is 1. The molecule has 34 heavy (non-hydrogen) atoms. The highest BCUT2D eigenvalue weighted by atomic mass is 19.3. The molecular weight excluding hydrogens is 436 g/mol. The van der Waals surface area contributed by atoms with E-state index in [0.717, 1.165) is 52.8 Å². The minimum Gasteiger partial charge on any atom is -0.351 e. The Morgan fingerprint density at radius 1 is 1.09 bits per heavy atom. The summed E-state index contributed by atoms with van der Waals surface area (Å²) in [7, 11) is 2.18. The van der Waals surface area contributed by atoms with Gasteiger partial charge in [0.15, 0.2) is 0 Å². The summed E-state index contributed by atoms with van der Waals surface area (Å²) >= 11 is 0. The lowest BCUT2D eigenvalue weighted by molar-refractivity contribution is -0.0794. The molecule has 1 aromatic carbocycles. The van der Waals surface area contributed by atoms with Crippen LogP contribution in [0.2, 0.25) is 0 Å². The van der Waals surface area contributed by atoms with Gasteiger partial charge in [-0.05, 0) is 63.0 Å². The standard InChI is InChI=1S/C25H27F2N7/c1-34-6-4-15(5-7-34)8-17-12-28-21-3-2-16(9-22(21)31-17)19-13-29-23-20(19)14-30-24(33-23)32-18-10-25(26,27)11-18/h2-3,9,12-15,18H,4-8,10-11H2,1H3,(H2,29,30,32,33). The molecule has 176 valence electrons. The molecule has 2 fully saturated rings. The highest BCUT2D eigenvalue weighted by Crippen LogP contribution is 2.39. The Morgan fingerprint density at radius 2 is 1.91 bits per heavy atom. The molecule has 0 atom stereocenters. The quantitative estimate of drug-likeness (QED) is 0.448. The number of hydrogen-bond donors (Lipinski definition) is 2. The molecule has 4 aromatic rings. The molecule has 9 heteroatoms. The number of aromatic amines is 1. The number of fused-ring (bicyclic) bond motifs is 2. The SMILES string of the molecule is CN1CCC(Cc2cnc3ccc(-c4c[nH]c5nc(NC6CC(F)(F)C6)ncc45)cc3n2)CC1. The Hall–Kier alpha value is -3.20. The van der Waals surface area contributed by atoms with Crippen LogP contribution in [-0.2, 0) is 6.42 Å². The normalized spacial score (nSPS) is 19.5. The van der Waals surface area contributed by atoms with Crippen molar-refractivity contribution in [3.63, 3.8) is 0 Å². The number of halogens is 2. The molecule has 1 aliphatic carbocycles. The highest BCUT2D eigenvalue weighted by molar-refractivity contribution is 5.95. The van der Waals surface area contributed by atoms with E-state index in [0.29, 0.717) is 17.5 Å². The number of rotatable bonds is 5. The van der Waals surface area contributed by atoms with E-state index in [1.165, 1.54) is 12.8 Å². The van der Waals surface area contributed by atoms with Crippen molar-refractivity contribution >= 4 is 28.0 Å². The van der Waals surface area contributed by atoms with Gasteiger partial charge in [0.05, 0.1) is 16.7 Å². The van der Waals surface area contributed by atoms with Crippen LogP contribution in [0.4, 0.5) is 14.7 Å². The first-order valence-electron chi connectivity index (χ1n) is 11.8. The van der Waals surface area contributed by atoms with Gasteiger partial charge < -0.3 is 15.2 Å². The van der Waals surface area contributed by atoms with Crippen molar-refractivity contribution in [1.29, 1.82) is 0 Å². The van der Waals surface area contributed by atoms with E-state index in [2.05, 4.69) is 43.3 Å². The number of anilines is 1. The lowest BCUT2D eigenvalue weighted by atomic mass is 9.88. The Labute approximate surface area is 196 Å². The molecule has 2 aliphatic rings. The third-order valence-corrected chi connectivity index (χ3v) is 7.09. The number of nitrogens with zero attached hydrogens (tertiary/aromatic N) is 5. The molecule has 1 saturated heterocycles. The fraction of sp³-hybridized carbons (Fsp3) is 0.440. The van der Waals surface area contributed by atoms with Gasteiger partial charge in [-0.3, -0.25) is 4.98 Å². The lowest BCUT2D eigenvalue weighted by Gasteiger charge is -2.35. The van der Waals surface area contributed by atoms with E-state index in [4.69, 9.17) is 4.98 Å². The molecule has 0 bridgehead atoms. The average Bonchev–Trinajstić information content (AvgIpc) is 3.22. The third kappa shape index (κ3) is 4.20. The minimum absolute atomic E-state index is 0.178. The van der Waals surface area contributed by atoms with Crippen molar-refractivity contribution < 1.29 is 8.78 Å². The van der Waals surface area contributed by atoms with Gasteiger partial charge in [-0.2, -0.15) is 4.98 Å². The average molecular weight is 464 g/mol. The third-order valence-electron chi connectivity index (χ3n) is 7.09. The topological polar surface area (TPSA) is 82.6 Å². The number of hydrogen-bond acceptors (Lipinski definition) is 6. The second kappa shape index (κ2) is 8.23. The van der Waals surface area contributed by atoms with E-state index in [1.54, 1.807) is 6.20 Å². The molecular formula is C25H27F2N7. The minimum atomic E-state index is -2.58. The van der Waals surface area contributed by atoms with Crippen LogP contribution >= 0.6 is 0 Å². The summed E-state index contributed by atoms with van der Waals surface area (Å²) < 4.78 is 26.2. The van der Waals surface area contributed by atoms with Gasteiger partial charge in [-0.1, -0.05) is 6.07 Å². The van der Waals surface area contributed by atoms with Crippen LogP contribution in [0.25, 0.3) is 33.2 Å². The van der Waals surface area contributed by atoms with Crippen LogP contribution in [0.5, 0.6) is 0 Å². The number of aromatic nitrogens is 5. The molecule has 6 rings (SSSR count). The van der Waals surface area contributed by atoms with Crippen LogP contribution in [0.3, 0.4) is 0 Å². The molecule has 0 spiro atoms. The first-order valence-corrected chi connectivity index (χ1v) is 11.8. The Morgan fingerprint density at radius 3 is 2.71 bits per heavy atom. The zero-order chi connectivity index (χ0) is 23.3. The molecule has 0 amide bonds. The lowest BCUT2D eigenvalue weighted by Crippen LogP contribution is -2.44. The van der Waals surface area contributed by atoms with Gasteiger partial charge in [0.2, 0.25) is 5.95 Å². The summed E-state index contributed by atoms with van der Waals surface area (Å²) in [5.41, 5.74) is 5.44. The van der Waals surface area contributed by atoms with Gasteiger partial charge >= 0.3 is 0 Å². The second-order valence-corrected chi connectivity index (χ2v) is 9.78. The van der Waals surface area contributed by atoms with E-state index in [9.17, 15) is 8.78 Å². The Kier molecular flexibility index (Phi) is 5.17. The van der Waals surface area contributed by atoms with Gasteiger partial charge in [-0.15, -0.1) is 0 Å². The molecule has 0 unspecified atom stereocenters. The maximum absolute atomic E-state index is 13.1. The smallest absolute Gasteiger partial charge is 0.252 e. The summed E-state index contributed by atoms with van der Waals surface area (Å²) in [6, 6.07) is 5.79. The molecule has 7 nitrogen and oxygen atoms in total. The Bertz CT molecular complexity index is 1340. The maximum atomic E-state index is 13.1. The van der Waals surface area contributed by atoms with Gasteiger partial charge in [0, 0.05) is 48.4 Å².